The van der Waals surface area contributed by atoms with Gasteiger partial charge in [0.05, 0.1) is 12.2 Å². The van der Waals surface area contributed by atoms with Gasteiger partial charge in [-0.1, -0.05) is 0 Å². The number of hydrogen-bond donors (Lipinski definition) is 2. The number of rotatable bonds is 5. The Bertz CT molecular complexity index is 508. The minimum absolute atomic E-state index is 0.0301. The third kappa shape index (κ3) is 12.6. The average molecular weight is 385 g/mol. The molecule has 1 atom stereocenters. The number of carbonyl (C=O) groups excluding carboxylic acids is 1. The van der Waals surface area contributed by atoms with Crippen molar-refractivity contribution in [2.75, 3.05) is 20.3 Å². The van der Waals surface area contributed by atoms with E-state index in [4.69, 9.17) is 15.6 Å². The number of halogens is 4. The molecule has 0 radical (unpaired) electrons. The minimum Gasteiger partial charge on any atom is -0.485 e. The summed E-state index contributed by atoms with van der Waals surface area (Å²) in [6.45, 7) is 6.90. The Morgan fingerprint density at radius 1 is 1.19 bits per heavy atom. The van der Waals surface area contributed by atoms with Gasteiger partial charge in [0.1, 0.15) is 12.9 Å². The molecule has 0 saturated carbocycles. The van der Waals surface area contributed by atoms with Gasteiger partial charge < -0.3 is 25.1 Å². The summed E-state index contributed by atoms with van der Waals surface area (Å²) in [7, 11) is 1.71. The van der Waals surface area contributed by atoms with Crippen LogP contribution in [0, 0.1) is 23.3 Å². The Labute approximate surface area is 151 Å². The highest BCUT2D eigenvalue weighted by molar-refractivity contribution is 5.50. The molecule has 0 aliphatic carbocycles. The molecule has 1 rings (SSSR count). The van der Waals surface area contributed by atoms with Crippen LogP contribution in [0.3, 0.4) is 0 Å². The topological polar surface area (TPSA) is 81.8 Å². The number of hydrogen-bond acceptors (Lipinski definition) is 5. The molecule has 152 valence electrons. The number of methoxy groups -OCH3 is 1. The van der Waals surface area contributed by atoms with E-state index in [-0.39, 0.29) is 17.7 Å². The molecule has 0 spiro atoms. The molecule has 0 aromatic heterocycles. The van der Waals surface area contributed by atoms with E-state index in [9.17, 15) is 22.4 Å². The van der Waals surface area contributed by atoms with Gasteiger partial charge in [0, 0.05) is 25.6 Å². The fraction of sp³-hybridized carbons (Fsp3) is 0.588. The van der Waals surface area contributed by atoms with Crippen LogP contribution in [-0.4, -0.2) is 43.4 Å². The highest BCUT2D eigenvalue weighted by Crippen LogP contribution is 2.26. The first-order chi connectivity index (χ1) is 11.9. The molecule has 0 fully saturated rings. The van der Waals surface area contributed by atoms with Gasteiger partial charge in [0.25, 0.3) is 0 Å². The van der Waals surface area contributed by atoms with Crippen LogP contribution in [0.4, 0.5) is 17.6 Å². The van der Waals surface area contributed by atoms with Crippen LogP contribution in [0.15, 0.2) is 6.07 Å². The molecule has 0 heterocycles. The predicted octanol–water partition coefficient (Wildman–Crippen LogP) is 2.97. The van der Waals surface area contributed by atoms with E-state index < -0.39 is 42.2 Å². The number of nitrogens with two attached hydrogens (primary N) is 1. The average Bonchev–Trinajstić information content (AvgIpc) is 2.53. The quantitative estimate of drug-likeness (QED) is 0.463. The van der Waals surface area contributed by atoms with Gasteiger partial charge in [-0.05, 0) is 27.7 Å². The maximum absolute atomic E-state index is 12.8. The second kappa shape index (κ2) is 13.5. The van der Waals surface area contributed by atoms with Gasteiger partial charge in [-0.2, -0.15) is 8.78 Å². The Kier molecular flexibility index (Phi) is 13.8. The lowest BCUT2D eigenvalue weighted by atomic mass is 10.2. The Morgan fingerprint density at radius 2 is 1.62 bits per heavy atom. The lowest BCUT2D eigenvalue weighted by Gasteiger charge is -2.14. The van der Waals surface area contributed by atoms with E-state index in [1.165, 1.54) is 0 Å². The largest absolute Gasteiger partial charge is 0.485 e. The summed E-state index contributed by atoms with van der Waals surface area (Å²) in [4.78, 5) is 9.54. The van der Waals surface area contributed by atoms with Crippen LogP contribution in [0.25, 0.3) is 0 Å². The fourth-order valence-corrected chi connectivity index (χ4v) is 0.977. The molecule has 26 heavy (non-hydrogen) atoms. The van der Waals surface area contributed by atoms with Crippen molar-refractivity contribution in [1.82, 2.24) is 0 Å². The molecule has 0 aliphatic rings. The van der Waals surface area contributed by atoms with Gasteiger partial charge >= 0.3 is 0 Å². The molecule has 0 bridgehead atoms. The summed E-state index contributed by atoms with van der Waals surface area (Å²) in [5, 5.41) is 8.29. The molecule has 1 aromatic carbocycles. The fourth-order valence-electron chi connectivity index (χ4n) is 0.977. The summed E-state index contributed by atoms with van der Waals surface area (Å²) in [6.07, 6.45) is 1.30. The lowest BCUT2D eigenvalue weighted by Crippen LogP contribution is -2.15. The first-order valence-electron chi connectivity index (χ1n) is 7.72. The monoisotopic (exact) mass is 385 g/mol. The molecule has 1 unspecified atom stereocenters. The number of aldehydes is 1. The Morgan fingerprint density at radius 3 is 1.85 bits per heavy atom. The third-order valence-electron chi connectivity index (χ3n) is 2.49. The van der Waals surface area contributed by atoms with Gasteiger partial charge in [0.2, 0.25) is 11.6 Å². The van der Waals surface area contributed by atoms with Crippen LogP contribution in [0.1, 0.15) is 34.1 Å². The molecule has 0 saturated heterocycles. The number of aliphatic hydroxyl groups excluding tert-OH is 1. The van der Waals surface area contributed by atoms with Crippen LogP contribution in [0.5, 0.6) is 5.75 Å². The molecule has 0 amide bonds. The van der Waals surface area contributed by atoms with E-state index >= 15 is 0 Å². The van der Waals surface area contributed by atoms with Gasteiger partial charge in [-0.25, -0.2) is 8.78 Å². The van der Waals surface area contributed by atoms with E-state index in [1.807, 2.05) is 20.8 Å². The van der Waals surface area contributed by atoms with Gasteiger partial charge in [-0.15, -0.1) is 0 Å². The number of benzene rings is 1. The number of carbonyl (C=O) groups is 1. The first kappa shape index (κ1) is 26.5. The second-order valence-corrected chi connectivity index (χ2v) is 6.07. The lowest BCUT2D eigenvalue weighted by molar-refractivity contribution is -0.108. The third-order valence-corrected chi connectivity index (χ3v) is 2.49. The Hall–Kier alpha value is -1.71. The first-order valence-corrected chi connectivity index (χ1v) is 7.72. The second-order valence-electron chi connectivity index (χ2n) is 6.07. The van der Waals surface area contributed by atoms with Crippen LogP contribution < -0.4 is 10.5 Å². The zero-order valence-electron chi connectivity index (χ0n) is 15.6. The van der Waals surface area contributed by atoms with Crippen molar-refractivity contribution in [3.63, 3.8) is 0 Å². The molecule has 1 aromatic rings. The summed E-state index contributed by atoms with van der Waals surface area (Å²) >= 11 is 0. The van der Waals surface area contributed by atoms with Crippen molar-refractivity contribution in [2.45, 2.75) is 45.8 Å². The van der Waals surface area contributed by atoms with Crippen molar-refractivity contribution in [3.05, 3.63) is 29.3 Å². The summed E-state index contributed by atoms with van der Waals surface area (Å²) in [5.41, 5.74) is 5.21. The van der Waals surface area contributed by atoms with Crippen molar-refractivity contribution in [1.29, 1.82) is 0 Å². The van der Waals surface area contributed by atoms with E-state index in [2.05, 4.69) is 4.74 Å². The smallest absolute Gasteiger partial charge is 0.203 e. The van der Waals surface area contributed by atoms with Crippen LogP contribution in [-0.2, 0) is 9.53 Å². The number of ether oxygens (including phenoxy) is 2. The highest BCUT2D eigenvalue weighted by atomic mass is 19.2. The van der Waals surface area contributed by atoms with E-state index in [0.717, 1.165) is 6.29 Å². The molecule has 5 nitrogen and oxygen atoms in total. The van der Waals surface area contributed by atoms with Gasteiger partial charge in [-0.3, -0.25) is 0 Å². The predicted molar refractivity (Wildman–Crippen MR) is 89.9 cm³/mol. The van der Waals surface area contributed by atoms with Crippen molar-refractivity contribution in [3.8, 4) is 5.75 Å². The maximum Gasteiger partial charge on any atom is 0.203 e. The number of aliphatic hydroxyl groups is 1. The normalized spacial score (nSPS) is 11.5. The molecule has 0 aliphatic heterocycles. The highest BCUT2D eigenvalue weighted by Gasteiger charge is 2.20. The van der Waals surface area contributed by atoms with Crippen LogP contribution >= 0.6 is 0 Å². The minimum atomic E-state index is -1.61. The Balaban J connectivity index is 0. The van der Waals surface area contributed by atoms with Crippen molar-refractivity contribution >= 4 is 6.29 Å². The van der Waals surface area contributed by atoms with E-state index in [0.29, 0.717) is 6.42 Å². The van der Waals surface area contributed by atoms with Crippen LogP contribution in [0.2, 0.25) is 0 Å². The van der Waals surface area contributed by atoms with Crippen molar-refractivity contribution < 1.29 is 36.9 Å². The van der Waals surface area contributed by atoms with E-state index in [1.54, 1.807) is 14.0 Å². The van der Waals surface area contributed by atoms with Gasteiger partial charge in [0.15, 0.2) is 17.4 Å². The maximum atomic E-state index is 12.8. The summed E-state index contributed by atoms with van der Waals surface area (Å²) in [5.74, 6) is -7.47. The standard InChI is InChI=1S/C8H6F4O2.C5H12O.C4H9NO/c9-4-3-5(10)7(12)8(6(4)11)14-2-1-13;1-5(2,3)6-4;1-4(5)2-3-6/h3,13H,1-2H2;1-4H3;3-4H,2,5H2,1H3. The zero-order chi connectivity index (χ0) is 20.9. The van der Waals surface area contributed by atoms with Crippen molar-refractivity contribution in [2.24, 2.45) is 5.73 Å². The molecular formula is C17H27F4NO4. The molecule has 3 N–H and O–H groups in total. The summed E-state index contributed by atoms with van der Waals surface area (Å²) in [6, 6.07) is 0.110. The molecular weight excluding hydrogens is 358 g/mol. The molecule has 9 heteroatoms. The SMILES string of the molecule is CC(N)CC=O.COC(C)(C)C.OCCOc1c(F)c(F)cc(F)c1F. The zero-order valence-corrected chi connectivity index (χ0v) is 15.6. The summed E-state index contributed by atoms with van der Waals surface area (Å²) < 4.78 is 59.8.